The van der Waals surface area contributed by atoms with Gasteiger partial charge in [0, 0.05) is 41.7 Å². The first-order chi connectivity index (χ1) is 1.73. The molecule has 0 fully saturated rings. The van der Waals surface area contributed by atoms with E-state index in [1.165, 1.54) is 0 Å². The molecule has 0 bridgehead atoms. The fourth-order valence-electron chi connectivity index (χ4n) is 0. The topological polar surface area (TPSA) is 66.2 Å². The summed E-state index contributed by atoms with van der Waals surface area (Å²) < 4.78 is 0. The molecule has 0 aromatic carbocycles. The van der Waals surface area contributed by atoms with Crippen LogP contribution in [0.1, 0.15) is 0 Å². The van der Waals surface area contributed by atoms with Crippen LogP contribution in [0.5, 0.6) is 0 Å². The first kappa shape index (κ1) is 15.6. The van der Waals surface area contributed by atoms with E-state index in [4.69, 9.17) is 15.3 Å². The van der Waals surface area contributed by atoms with Crippen molar-refractivity contribution in [2.75, 3.05) is 0 Å². The van der Waals surface area contributed by atoms with Crippen molar-refractivity contribution >= 4 is 0 Å². The van der Waals surface area contributed by atoms with Gasteiger partial charge in [-0.15, -0.1) is 0 Å². The molecule has 4 nitrogen and oxygen atoms in total. The van der Waals surface area contributed by atoms with E-state index in [2.05, 4.69) is 0 Å². The molecule has 6 heavy (non-hydrogen) atoms. The predicted octanol–water partition coefficient (Wildman–Crippen LogP) is -3.24. The normalized spacial score (nSPS) is 4.00. The van der Waals surface area contributed by atoms with E-state index < -0.39 is 5.09 Å². The van der Waals surface area contributed by atoms with Gasteiger partial charge < -0.3 is 15.3 Å². The quantitative estimate of drug-likeness (QED) is 0.247. The van der Waals surface area contributed by atoms with Crippen molar-refractivity contribution in [2.45, 2.75) is 0 Å². The predicted molar refractivity (Wildman–Crippen MR) is 10.4 cm³/mol. The summed E-state index contributed by atoms with van der Waals surface area (Å²) in [6, 6.07) is 0. The van der Waals surface area contributed by atoms with E-state index in [0.717, 1.165) is 0 Å². The smallest absolute Gasteiger partial charge is 0.356 e. The Morgan fingerprint density at radius 3 is 1.33 bits per heavy atom. The molecular weight excluding hydrogens is 225 g/mol. The van der Waals surface area contributed by atoms with Gasteiger partial charge in [-0.3, -0.25) is 0 Å². The molecule has 0 aromatic heterocycles. The summed E-state index contributed by atoms with van der Waals surface area (Å²) in [5, 5.41) is 14.8. The first-order valence-electron chi connectivity index (χ1n) is 0.548. The van der Waals surface area contributed by atoms with Gasteiger partial charge in [0.15, 0.2) is 0 Å². The largest absolute Gasteiger partial charge is 1.00 e. The van der Waals surface area contributed by atoms with Crippen LogP contribution >= 0.6 is 0 Å². The Kier molecular flexibility index (Phi) is 25.5. The fourth-order valence-corrected chi connectivity index (χ4v) is 0. The zero-order valence-corrected chi connectivity index (χ0v) is 8.31. The molecule has 28 valence electrons. The van der Waals surface area contributed by atoms with Crippen molar-refractivity contribution in [1.29, 1.82) is 0 Å². The molecule has 6 heteroatoms. The summed E-state index contributed by atoms with van der Waals surface area (Å²) in [5.74, 6) is 0. The molecule has 0 amide bonds. The van der Waals surface area contributed by atoms with E-state index in [1.54, 1.807) is 0 Å². The molecule has 0 aliphatic heterocycles. The summed E-state index contributed by atoms with van der Waals surface area (Å²) in [4.78, 5) is 8.25. The molecule has 0 aromatic rings. The Balaban J connectivity index is -0.0000000450. The van der Waals surface area contributed by atoms with Crippen LogP contribution in [0.25, 0.3) is 0 Å². The van der Waals surface area contributed by atoms with E-state index in [0.29, 0.717) is 0 Å². The van der Waals surface area contributed by atoms with Crippen LogP contribution in [0.3, 0.4) is 0 Å². The van der Waals surface area contributed by atoms with E-state index in [-0.39, 0.29) is 71.3 Å². The van der Waals surface area contributed by atoms with Crippen molar-refractivity contribution in [1.82, 2.24) is 0 Å². The van der Waals surface area contributed by atoms with Gasteiger partial charge in [0.1, 0.15) is 0 Å². The fraction of sp³-hybridized carbons (Fsp3) is 0. The van der Waals surface area contributed by atoms with Gasteiger partial charge in [-0.1, -0.05) is 0 Å². The second-order valence-corrected chi connectivity index (χ2v) is 0.224. The van der Waals surface area contributed by atoms with E-state index >= 15 is 0 Å². The molecule has 0 heterocycles. The molecular formula is CeNNaO3. The summed E-state index contributed by atoms with van der Waals surface area (Å²) in [7, 11) is 0. The molecule has 0 atom stereocenters. The third-order valence-electron chi connectivity index (χ3n) is 0. The molecule has 0 rings (SSSR count). The maximum atomic E-state index is 8.25. The van der Waals surface area contributed by atoms with Crippen LogP contribution < -0.4 is 29.6 Å². The van der Waals surface area contributed by atoms with Crippen LogP contribution in [-0.2, 0) is 0 Å². The van der Waals surface area contributed by atoms with Crippen molar-refractivity contribution < 1.29 is 76.4 Å². The van der Waals surface area contributed by atoms with Gasteiger partial charge in [-0.25, -0.2) is 0 Å². The second kappa shape index (κ2) is 9.76. The van der Waals surface area contributed by atoms with Crippen molar-refractivity contribution in [3.63, 3.8) is 0 Å². The number of rotatable bonds is 0. The molecule has 0 saturated heterocycles. The Labute approximate surface area is 90.1 Å². The zero-order chi connectivity index (χ0) is 3.58. The zero-order valence-electron chi connectivity index (χ0n) is 3.17. The van der Waals surface area contributed by atoms with Crippen molar-refractivity contribution in [3.8, 4) is 0 Å². The molecule has 0 N–H and O–H groups in total. The van der Waals surface area contributed by atoms with Crippen LogP contribution in [0.2, 0.25) is 0 Å². The molecule has 0 spiro atoms. The van der Waals surface area contributed by atoms with Gasteiger partial charge in [0.25, 0.3) is 0 Å². The number of nitrogens with zero attached hydrogens (tertiary/aromatic N) is 1. The Morgan fingerprint density at radius 2 is 1.33 bits per heavy atom. The van der Waals surface area contributed by atoms with Gasteiger partial charge >= 0.3 is 29.6 Å². The Hall–Kier alpha value is 1.58. The average molecular weight is 225 g/mol. The standard InChI is InChI=1S/Ce.NO3.Na/c;2-1(3)4;/q;-1;+1. The third-order valence-corrected chi connectivity index (χ3v) is 0. The van der Waals surface area contributed by atoms with Crippen LogP contribution in [-0.4, -0.2) is 5.09 Å². The summed E-state index contributed by atoms with van der Waals surface area (Å²) in [6.45, 7) is 0. The third kappa shape index (κ3) is 47.0. The first-order valence-corrected chi connectivity index (χ1v) is 0.548. The average Bonchev–Trinajstić information content (AvgIpc) is 0.811. The molecule has 0 saturated carbocycles. The molecule has 0 aliphatic rings. The Bertz CT molecular complexity index is 33.8. The summed E-state index contributed by atoms with van der Waals surface area (Å²) in [5.41, 5.74) is 0. The maximum absolute atomic E-state index is 8.25. The van der Waals surface area contributed by atoms with Gasteiger partial charge in [-0.2, -0.15) is 0 Å². The minimum atomic E-state index is -1.75. The minimum absolute atomic E-state index is 0. The number of hydrogen-bond donors (Lipinski definition) is 0. The maximum Gasteiger partial charge on any atom is 1.00 e. The van der Waals surface area contributed by atoms with Crippen LogP contribution in [0.4, 0.5) is 0 Å². The van der Waals surface area contributed by atoms with Crippen LogP contribution in [0, 0.1) is 57.1 Å². The van der Waals surface area contributed by atoms with E-state index in [1.807, 2.05) is 0 Å². The molecule has 0 radical (unpaired) electrons. The van der Waals surface area contributed by atoms with Crippen LogP contribution in [0.15, 0.2) is 0 Å². The van der Waals surface area contributed by atoms with Gasteiger partial charge in [0.2, 0.25) is 0 Å². The van der Waals surface area contributed by atoms with E-state index in [9.17, 15) is 0 Å². The SMILES string of the molecule is O=[N+]([O-])[O-].[Ce].[Na+]. The molecule has 0 aliphatic carbocycles. The summed E-state index contributed by atoms with van der Waals surface area (Å²) >= 11 is 0. The molecule has 0 unspecified atom stereocenters. The Morgan fingerprint density at radius 1 is 1.33 bits per heavy atom. The van der Waals surface area contributed by atoms with Crippen molar-refractivity contribution in [3.05, 3.63) is 15.3 Å². The monoisotopic (exact) mass is 225 g/mol. The van der Waals surface area contributed by atoms with Crippen molar-refractivity contribution in [2.24, 2.45) is 0 Å². The second-order valence-electron chi connectivity index (χ2n) is 0.224. The minimum Gasteiger partial charge on any atom is -0.356 e. The number of hydrogen-bond acceptors (Lipinski definition) is 3. The van der Waals surface area contributed by atoms with Gasteiger partial charge in [-0.05, 0) is 0 Å². The summed E-state index contributed by atoms with van der Waals surface area (Å²) in [6.07, 6.45) is 0. The van der Waals surface area contributed by atoms with Gasteiger partial charge in [0.05, 0.1) is 5.09 Å².